The van der Waals surface area contributed by atoms with Gasteiger partial charge in [0.05, 0.1) is 17.0 Å². The minimum Gasteiger partial charge on any atom is -0.424 e. The number of hydrogen-bond donors (Lipinski definition) is 2. The van der Waals surface area contributed by atoms with Crippen molar-refractivity contribution in [2.75, 3.05) is 0 Å². The highest BCUT2D eigenvalue weighted by Gasteiger charge is 2.16. The van der Waals surface area contributed by atoms with Crippen LogP contribution < -0.4 is 10.3 Å². The van der Waals surface area contributed by atoms with Crippen molar-refractivity contribution in [3.63, 3.8) is 0 Å². The maximum absolute atomic E-state index is 13.2. The summed E-state index contributed by atoms with van der Waals surface area (Å²) in [5, 5.41) is 5.28. The summed E-state index contributed by atoms with van der Waals surface area (Å²) in [5.74, 6) is -0.412. The van der Waals surface area contributed by atoms with Gasteiger partial charge >= 0.3 is 6.01 Å². The molecule has 0 saturated carbocycles. The van der Waals surface area contributed by atoms with Gasteiger partial charge in [0.1, 0.15) is 17.4 Å². The van der Waals surface area contributed by atoms with Gasteiger partial charge in [-0.3, -0.25) is 15.0 Å². The quantitative estimate of drug-likeness (QED) is 0.574. The number of rotatable bonds is 4. The molecule has 6 nitrogen and oxygen atoms in total. The fraction of sp³-hybridized carbons (Fsp3) is 0. The summed E-state index contributed by atoms with van der Waals surface area (Å²) >= 11 is 0. The first-order chi connectivity index (χ1) is 13.1. The van der Waals surface area contributed by atoms with Gasteiger partial charge in [-0.2, -0.15) is 4.98 Å². The average molecular weight is 366 g/mol. The van der Waals surface area contributed by atoms with Crippen LogP contribution in [-0.2, 0) is 0 Å². The normalized spacial score (nSPS) is 10.7. The third-order valence-electron chi connectivity index (χ3n) is 3.82. The van der Waals surface area contributed by atoms with Crippen LogP contribution in [0, 0.1) is 11.6 Å². The zero-order chi connectivity index (χ0) is 18.8. The maximum Gasteiger partial charge on any atom is 0.322 e. The van der Waals surface area contributed by atoms with Crippen molar-refractivity contribution in [3.05, 3.63) is 82.8 Å². The molecule has 0 unspecified atom stereocenters. The van der Waals surface area contributed by atoms with Crippen molar-refractivity contribution in [1.29, 1.82) is 0 Å². The molecule has 8 heteroatoms. The number of nitrogens with one attached hydrogen (secondary N) is 2. The van der Waals surface area contributed by atoms with E-state index in [-0.39, 0.29) is 17.4 Å². The van der Waals surface area contributed by atoms with Gasteiger partial charge in [0.2, 0.25) is 0 Å². The second-order valence-electron chi connectivity index (χ2n) is 5.62. The molecule has 2 N–H and O–H groups in total. The SMILES string of the molecule is O=c1[nH][nH]c(-c2ccnc(Oc3ccc(F)cc3)n2)c1-c1ccc(F)cc1. The maximum atomic E-state index is 13.2. The Morgan fingerprint density at radius 3 is 2.22 bits per heavy atom. The molecule has 27 heavy (non-hydrogen) atoms. The zero-order valence-electron chi connectivity index (χ0n) is 13.7. The van der Waals surface area contributed by atoms with Crippen LogP contribution in [0.3, 0.4) is 0 Å². The lowest BCUT2D eigenvalue weighted by molar-refractivity contribution is 0.441. The summed E-state index contributed by atoms with van der Waals surface area (Å²) in [7, 11) is 0. The zero-order valence-corrected chi connectivity index (χ0v) is 13.7. The number of aromatic nitrogens is 4. The first-order valence-electron chi connectivity index (χ1n) is 7.93. The molecule has 0 atom stereocenters. The van der Waals surface area contributed by atoms with Gasteiger partial charge in [0.25, 0.3) is 5.56 Å². The monoisotopic (exact) mass is 366 g/mol. The van der Waals surface area contributed by atoms with Crippen molar-refractivity contribution in [1.82, 2.24) is 20.2 Å². The topological polar surface area (TPSA) is 83.7 Å². The summed E-state index contributed by atoms with van der Waals surface area (Å²) in [6.45, 7) is 0. The summed E-state index contributed by atoms with van der Waals surface area (Å²) in [5.41, 5.74) is 1.31. The highest BCUT2D eigenvalue weighted by atomic mass is 19.1. The summed E-state index contributed by atoms with van der Waals surface area (Å²) in [6.07, 6.45) is 1.47. The minimum absolute atomic E-state index is 0.0335. The van der Waals surface area contributed by atoms with Crippen LogP contribution in [0.15, 0.2) is 65.6 Å². The van der Waals surface area contributed by atoms with E-state index >= 15 is 0 Å². The van der Waals surface area contributed by atoms with Crippen LogP contribution in [0.2, 0.25) is 0 Å². The molecule has 0 saturated heterocycles. The van der Waals surface area contributed by atoms with Gasteiger partial charge in [0, 0.05) is 6.20 Å². The number of hydrogen-bond acceptors (Lipinski definition) is 4. The Labute approximate surface area is 151 Å². The highest BCUT2D eigenvalue weighted by Crippen LogP contribution is 2.27. The van der Waals surface area contributed by atoms with Crippen LogP contribution in [0.5, 0.6) is 11.8 Å². The van der Waals surface area contributed by atoms with E-state index in [0.717, 1.165) is 0 Å². The van der Waals surface area contributed by atoms with E-state index < -0.39 is 5.82 Å². The molecule has 134 valence electrons. The third kappa shape index (κ3) is 3.45. The van der Waals surface area contributed by atoms with Gasteiger partial charge in [0.15, 0.2) is 0 Å². The highest BCUT2D eigenvalue weighted by molar-refractivity contribution is 5.78. The molecule has 0 radical (unpaired) electrons. The average Bonchev–Trinajstić information content (AvgIpc) is 3.06. The van der Waals surface area contributed by atoms with Crippen molar-refractivity contribution < 1.29 is 13.5 Å². The minimum atomic E-state index is -0.399. The Morgan fingerprint density at radius 1 is 0.852 bits per heavy atom. The molecule has 4 aromatic rings. The van der Waals surface area contributed by atoms with Gasteiger partial charge in [-0.15, -0.1) is 0 Å². The smallest absolute Gasteiger partial charge is 0.322 e. The van der Waals surface area contributed by atoms with Crippen LogP contribution in [-0.4, -0.2) is 20.2 Å². The van der Waals surface area contributed by atoms with Crippen LogP contribution in [0.1, 0.15) is 0 Å². The first kappa shape index (κ1) is 16.6. The number of benzene rings is 2. The molecule has 0 fully saturated rings. The molecule has 2 aromatic carbocycles. The molecule has 2 heterocycles. The lowest BCUT2D eigenvalue weighted by atomic mass is 10.0. The van der Waals surface area contributed by atoms with E-state index in [2.05, 4.69) is 20.2 Å². The third-order valence-corrected chi connectivity index (χ3v) is 3.82. The standard InChI is InChI=1S/C19H12F2N4O2/c20-12-3-1-11(2-4-12)16-17(24-25-18(16)26)15-9-10-22-19(23-15)27-14-7-5-13(21)6-8-14/h1-10H,(H2,24,25,26). The van der Waals surface area contributed by atoms with E-state index in [9.17, 15) is 13.6 Å². The second kappa shape index (κ2) is 6.83. The van der Waals surface area contributed by atoms with Gasteiger partial charge < -0.3 is 4.74 Å². The van der Waals surface area contributed by atoms with E-state index in [1.54, 1.807) is 6.07 Å². The first-order valence-corrected chi connectivity index (χ1v) is 7.93. The van der Waals surface area contributed by atoms with Crippen molar-refractivity contribution >= 4 is 0 Å². The van der Waals surface area contributed by atoms with E-state index in [0.29, 0.717) is 28.3 Å². The predicted molar refractivity (Wildman–Crippen MR) is 94.3 cm³/mol. The van der Waals surface area contributed by atoms with Crippen molar-refractivity contribution in [2.45, 2.75) is 0 Å². The molecule has 2 aromatic heterocycles. The molecule has 0 amide bonds. The van der Waals surface area contributed by atoms with Gasteiger partial charge in [-0.25, -0.2) is 13.8 Å². The molecular weight excluding hydrogens is 354 g/mol. The Bertz CT molecular complexity index is 1140. The number of aromatic amines is 2. The summed E-state index contributed by atoms with van der Waals surface area (Å²) in [4.78, 5) is 20.5. The van der Waals surface area contributed by atoms with Crippen LogP contribution >= 0.6 is 0 Å². The molecule has 4 rings (SSSR count). The van der Waals surface area contributed by atoms with Gasteiger partial charge in [-0.05, 0) is 48.0 Å². The van der Waals surface area contributed by atoms with Crippen molar-refractivity contribution in [3.8, 4) is 34.3 Å². The Kier molecular flexibility index (Phi) is 4.21. The summed E-state index contributed by atoms with van der Waals surface area (Å²) in [6, 6.07) is 12.6. The number of halogens is 2. The van der Waals surface area contributed by atoms with E-state index in [1.165, 1.54) is 54.7 Å². The number of H-pyrrole nitrogens is 2. The van der Waals surface area contributed by atoms with E-state index in [4.69, 9.17) is 4.74 Å². The van der Waals surface area contributed by atoms with Crippen molar-refractivity contribution in [2.24, 2.45) is 0 Å². The molecule has 0 aliphatic heterocycles. The Hall–Kier alpha value is -3.81. The Morgan fingerprint density at radius 2 is 1.52 bits per heavy atom. The number of ether oxygens (including phenoxy) is 1. The summed E-state index contributed by atoms with van der Waals surface area (Å²) < 4.78 is 31.7. The lowest BCUT2D eigenvalue weighted by Crippen LogP contribution is -2.02. The molecule has 0 spiro atoms. The molecule has 0 bridgehead atoms. The predicted octanol–water partition coefficient (Wildman–Crippen LogP) is 3.90. The Balaban J connectivity index is 1.71. The number of nitrogens with zero attached hydrogens (tertiary/aromatic N) is 2. The van der Waals surface area contributed by atoms with E-state index in [1.807, 2.05) is 0 Å². The van der Waals surface area contributed by atoms with Gasteiger partial charge in [-0.1, -0.05) is 12.1 Å². The second-order valence-corrected chi connectivity index (χ2v) is 5.62. The molecule has 0 aliphatic rings. The lowest BCUT2D eigenvalue weighted by Gasteiger charge is -2.06. The van der Waals surface area contributed by atoms with Crippen LogP contribution in [0.25, 0.3) is 22.5 Å². The molecule has 0 aliphatic carbocycles. The fourth-order valence-electron chi connectivity index (χ4n) is 2.58. The molecular formula is C19H12F2N4O2. The van der Waals surface area contributed by atoms with Crippen LogP contribution in [0.4, 0.5) is 8.78 Å². The fourth-order valence-corrected chi connectivity index (χ4v) is 2.58. The largest absolute Gasteiger partial charge is 0.424 e.